The van der Waals surface area contributed by atoms with Crippen molar-refractivity contribution in [1.29, 1.82) is 0 Å². The molecule has 3 aromatic rings. The van der Waals surface area contributed by atoms with Crippen molar-refractivity contribution >= 4 is 28.8 Å². The number of benzene rings is 1. The average Bonchev–Trinajstić information content (AvgIpc) is 3.07. The highest BCUT2D eigenvalue weighted by Crippen LogP contribution is 2.15. The zero-order valence-corrected chi connectivity index (χ0v) is 13.5. The summed E-state index contributed by atoms with van der Waals surface area (Å²) in [5.74, 6) is -0.237. The monoisotopic (exact) mass is 333 g/mol. The second kappa shape index (κ2) is 6.29. The molecule has 0 unspecified atom stereocenters. The van der Waals surface area contributed by atoms with Crippen LogP contribution < -0.4 is 11.1 Å². The van der Waals surface area contributed by atoms with Gasteiger partial charge in [-0.25, -0.2) is 4.79 Å². The van der Waals surface area contributed by atoms with Crippen LogP contribution in [0, 0.1) is 0 Å². The minimum atomic E-state index is -0.402. The van der Waals surface area contributed by atoms with Gasteiger partial charge in [0.1, 0.15) is 6.33 Å². The molecule has 1 N–H and O–H groups in total. The maximum Gasteiger partial charge on any atom is 0.419 e. The Morgan fingerprint density at radius 2 is 2.22 bits per heavy atom. The molecule has 120 valence electrons. The lowest BCUT2D eigenvalue weighted by molar-refractivity contribution is -0.118. The van der Waals surface area contributed by atoms with E-state index < -0.39 is 5.76 Å². The molecule has 0 fully saturated rings. The Morgan fingerprint density at radius 3 is 2.96 bits per heavy atom. The fourth-order valence-corrected chi connectivity index (χ4v) is 2.79. The largest absolute Gasteiger partial charge is 0.419 e. The Hall–Kier alpha value is -2.55. The van der Waals surface area contributed by atoms with Crippen LogP contribution in [0.3, 0.4) is 0 Å². The average molecular weight is 333 g/mol. The topological polar surface area (TPSA) is 95.0 Å². The van der Waals surface area contributed by atoms with E-state index in [1.807, 2.05) is 19.2 Å². The zero-order valence-electron chi connectivity index (χ0n) is 12.6. The summed E-state index contributed by atoms with van der Waals surface area (Å²) in [6, 6.07) is 5.38. The summed E-state index contributed by atoms with van der Waals surface area (Å²) in [5.41, 5.74) is 2.13. The van der Waals surface area contributed by atoms with Crippen molar-refractivity contribution in [3.05, 3.63) is 40.6 Å². The first-order valence-corrected chi connectivity index (χ1v) is 7.85. The zero-order chi connectivity index (χ0) is 16.4. The van der Waals surface area contributed by atoms with E-state index in [1.165, 1.54) is 16.3 Å². The number of hydrogen-bond acceptors (Lipinski definition) is 6. The molecule has 1 aromatic carbocycles. The Labute approximate surface area is 135 Å². The van der Waals surface area contributed by atoms with E-state index in [0.717, 1.165) is 5.56 Å². The molecule has 0 spiro atoms. The van der Waals surface area contributed by atoms with Crippen LogP contribution in [0.1, 0.15) is 5.56 Å². The summed E-state index contributed by atoms with van der Waals surface area (Å²) in [6.45, 7) is 0.382. The number of rotatable bonds is 5. The first kappa shape index (κ1) is 15.3. The number of hydrogen-bond donors (Lipinski definition) is 1. The minimum absolute atomic E-state index is 0.0980. The maximum absolute atomic E-state index is 11.9. The molecule has 0 saturated carbocycles. The number of nitrogens with zero attached hydrogens (tertiary/aromatic N) is 4. The molecule has 23 heavy (non-hydrogen) atoms. The molecule has 0 radical (unpaired) electrons. The normalized spacial score (nSPS) is 11.0. The Balaban J connectivity index is 1.59. The number of aryl methyl sites for hydroxylation is 2. The highest BCUT2D eigenvalue weighted by molar-refractivity contribution is 7.99. The fourth-order valence-electron chi connectivity index (χ4n) is 2.07. The van der Waals surface area contributed by atoms with Crippen molar-refractivity contribution < 1.29 is 9.21 Å². The van der Waals surface area contributed by atoms with Gasteiger partial charge in [-0.3, -0.25) is 9.36 Å². The second-order valence-electron chi connectivity index (χ2n) is 5.02. The first-order valence-electron chi connectivity index (χ1n) is 6.86. The van der Waals surface area contributed by atoms with Gasteiger partial charge >= 0.3 is 5.76 Å². The van der Waals surface area contributed by atoms with Crippen LogP contribution >= 0.6 is 11.8 Å². The van der Waals surface area contributed by atoms with E-state index in [9.17, 15) is 9.59 Å². The van der Waals surface area contributed by atoms with E-state index in [1.54, 1.807) is 24.0 Å². The molecule has 8 nitrogen and oxygen atoms in total. The number of oxazole rings is 1. The minimum Gasteiger partial charge on any atom is -0.408 e. The van der Waals surface area contributed by atoms with Crippen LogP contribution in [-0.4, -0.2) is 31.0 Å². The summed E-state index contributed by atoms with van der Waals surface area (Å²) in [6.07, 6.45) is 1.59. The lowest BCUT2D eigenvalue weighted by atomic mass is 10.2. The molecular formula is C14H15N5O3S. The van der Waals surface area contributed by atoms with Crippen molar-refractivity contribution in [3.63, 3.8) is 0 Å². The van der Waals surface area contributed by atoms with Crippen LogP contribution in [0.15, 0.2) is 38.9 Å². The number of carbonyl (C=O) groups excluding carboxylic acids is 1. The maximum atomic E-state index is 11.9. The van der Waals surface area contributed by atoms with Gasteiger partial charge in [0.25, 0.3) is 0 Å². The molecular weight excluding hydrogens is 318 g/mol. The molecule has 0 bridgehead atoms. The summed E-state index contributed by atoms with van der Waals surface area (Å²) in [4.78, 5) is 23.3. The van der Waals surface area contributed by atoms with Crippen LogP contribution in [0.2, 0.25) is 0 Å². The van der Waals surface area contributed by atoms with Gasteiger partial charge in [-0.2, -0.15) is 0 Å². The highest BCUT2D eigenvalue weighted by atomic mass is 32.2. The van der Waals surface area contributed by atoms with E-state index in [0.29, 0.717) is 22.8 Å². The number of fused-ring (bicyclic) bond motifs is 1. The molecule has 0 saturated heterocycles. The number of carbonyl (C=O) groups is 1. The SMILES string of the molecule is Cn1cnnc1SCC(=O)NCc1ccc2oc(=O)n(C)c2c1. The number of aromatic nitrogens is 4. The molecule has 2 heterocycles. The Morgan fingerprint density at radius 1 is 1.39 bits per heavy atom. The third-order valence-electron chi connectivity index (χ3n) is 3.35. The van der Waals surface area contributed by atoms with Crippen molar-refractivity contribution in [2.45, 2.75) is 11.7 Å². The van der Waals surface area contributed by atoms with Gasteiger partial charge in [0, 0.05) is 20.6 Å². The van der Waals surface area contributed by atoms with E-state index in [-0.39, 0.29) is 11.7 Å². The lowest BCUT2D eigenvalue weighted by Gasteiger charge is -2.05. The van der Waals surface area contributed by atoms with Crippen molar-refractivity contribution in [2.24, 2.45) is 14.1 Å². The summed E-state index contributed by atoms with van der Waals surface area (Å²) >= 11 is 1.32. The summed E-state index contributed by atoms with van der Waals surface area (Å²) in [7, 11) is 3.47. The molecule has 0 aliphatic carbocycles. The van der Waals surface area contributed by atoms with Crippen LogP contribution in [0.25, 0.3) is 11.1 Å². The molecule has 9 heteroatoms. The van der Waals surface area contributed by atoms with E-state index >= 15 is 0 Å². The van der Waals surface area contributed by atoms with Gasteiger partial charge in [-0.05, 0) is 17.7 Å². The van der Waals surface area contributed by atoms with Gasteiger partial charge < -0.3 is 14.3 Å². The Kier molecular flexibility index (Phi) is 4.20. The van der Waals surface area contributed by atoms with Gasteiger partial charge in [-0.1, -0.05) is 17.8 Å². The van der Waals surface area contributed by atoms with E-state index in [2.05, 4.69) is 15.5 Å². The second-order valence-corrected chi connectivity index (χ2v) is 5.96. The Bertz CT molecular complexity index is 911. The lowest BCUT2D eigenvalue weighted by Crippen LogP contribution is -2.24. The van der Waals surface area contributed by atoms with Gasteiger partial charge in [-0.15, -0.1) is 10.2 Å². The molecule has 0 aliphatic rings. The van der Waals surface area contributed by atoms with Gasteiger partial charge in [0.05, 0.1) is 11.3 Å². The predicted molar refractivity (Wildman–Crippen MR) is 85.0 cm³/mol. The molecule has 1 amide bonds. The number of nitrogens with one attached hydrogen (secondary N) is 1. The fraction of sp³-hybridized carbons (Fsp3) is 0.286. The summed E-state index contributed by atoms with van der Waals surface area (Å²) < 4.78 is 8.26. The third kappa shape index (κ3) is 3.29. The van der Waals surface area contributed by atoms with Crippen LogP contribution in [-0.2, 0) is 25.4 Å². The number of amides is 1. The first-order chi connectivity index (χ1) is 11.0. The van der Waals surface area contributed by atoms with Gasteiger partial charge in [0.2, 0.25) is 5.91 Å². The van der Waals surface area contributed by atoms with Crippen molar-refractivity contribution in [1.82, 2.24) is 24.6 Å². The standard InChI is InChI=1S/C14H15N5O3S/c1-18-8-16-17-13(18)23-7-12(20)15-6-9-3-4-11-10(5-9)19(2)14(21)22-11/h3-5,8H,6-7H2,1-2H3,(H,15,20). The highest BCUT2D eigenvalue weighted by Gasteiger charge is 2.09. The molecule has 0 atom stereocenters. The molecule has 3 rings (SSSR count). The van der Waals surface area contributed by atoms with Crippen LogP contribution in [0.5, 0.6) is 0 Å². The van der Waals surface area contributed by atoms with Gasteiger partial charge in [0.15, 0.2) is 10.7 Å². The van der Waals surface area contributed by atoms with Crippen molar-refractivity contribution in [3.8, 4) is 0 Å². The van der Waals surface area contributed by atoms with E-state index in [4.69, 9.17) is 4.42 Å². The molecule has 0 aliphatic heterocycles. The smallest absolute Gasteiger partial charge is 0.408 e. The predicted octanol–water partition coefficient (Wildman–Crippen LogP) is 0.668. The summed E-state index contributed by atoms with van der Waals surface area (Å²) in [5, 5.41) is 11.2. The quantitative estimate of drug-likeness (QED) is 0.690. The van der Waals surface area contributed by atoms with Crippen LogP contribution in [0.4, 0.5) is 0 Å². The molecule has 2 aromatic heterocycles. The van der Waals surface area contributed by atoms with Crippen molar-refractivity contribution in [2.75, 3.05) is 5.75 Å². The third-order valence-corrected chi connectivity index (χ3v) is 4.38. The number of thioether (sulfide) groups is 1.